The van der Waals surface area contributed by atoms with Gasteiger partial charge in [-0.25, -0.2) is 4.57 Å². The molecule has 0 aliphatic rings. The second-order valence-electron chi connectivity index (χ2n) is 7.25. The molecular weight excluding hydrogens is 357 g/mol. The summed E-state index contributed by atoms with van der Waals surface area (Å²) in [7, 11) is -3.69. The van der Waals surface area contributed by atoms with Crippen LogP contribution in [0.4, 0.5) is 5.69 Å². The van der Waals surface area contributed by atoms with Crippen molar-refractivity contribution >= 4 is 13.4 Å². The highest BCUT2D eigenvalue weighted by Crippen LogP contribution is 2.48. The van der Waals surface area contributed by atoms with Crippen LogP contribution in [0.5, 0.6) is 11.5 Å². The number of nitrogens with one attached hydrogen (secondary N) is 1. The first-order chi connectivity index (χ1) is 12.8. The lowest BCUT2D eigenvalue weighted by atomic mass is 9.87. The Morgan fingerprint density at radius 1 is 0.704 bits per heavy atom. The van der Waals surface area contributed by atoms with Gasteiger partial charge < -0.3 is 9.05 Å². The lowest BCUT2D eigenvalue weighted by molar-refractivity contribution is 0.393. The van der Waals surface area contributed by atoms with Gasteiger partial charge in [-0.05, 0) is 47.4 Å². The summed E-state index contributed by atoms with van der Waals surface area (Å²) in [5.41, 5.74) is 1.90. The minimum absolute atomic E-state index is 0.0449. The molecule has 0 bridgehead atoms. The average molecular weight is 381 g/mol. The second kappa shape index (κ2) is 7.89. The fourth-order valence-corrected chi connectivity index (χ4v) is 3.90. The Labute approximate surface area is 160 Å². The fourth-order valence-electron chi connectivity index (χ4n) is 2.51. The summed E-state index contributed by atoms with van der Waals surface area (Å²) in [5.74, 6) is 0.936. The van der Waals surface area contributed by atoms with Crippen molar-refractivity contribution < 1.29 is 13.6 Å². The topological polar surface area (TPSA) is 47.6 Å². The Bertz CT molecular complexity index is 858. The smallest absolute Gasteiger partial charge is 0.400 e. The summed E-state index contributed by atoms with van der Waals surface area (Å²) in [6.07, 6.45) is 0. The van der Waals surface area contributed by atoms with Crippen molar-refractivity contribution in [1.82, 2.24) is 0 Å². The minimum Gasteiger partial charge on any atom is -0.400 e. The molecule has 0 spiro atoms. The van der Waals surface area contributed by atoms with Gasteiger partial charge in [0, 0.05) is 5.69 Å². The first-order valence-corrected chi connectivity index (χ1v) is 10.4. The van der Waals surface area contributed by atoms with Crippen LogP contribution in [0.1, 0.15) is 26.3 Å². The molecule has 0 aliphatic heterocycles. The number of rotatable bonds is 6. The van der Waals surface area contributed by atoms with Gasteiger partial charge in [0.15, 0.2) is 0 Å². The number of anilines is 1. The molecule has 0 amide bonds. The summed E-state index contributed by atoms with van der Waals surface area (Å²) >= 11 is 0. The SMILES string of the molecule is CC(C)(C)c1ccc(NP(=O)(Oc2ccccc2)Oc2ccccc2)cc1. The molecule has 0 saturated heterocycles. The zero-order valence-electron chi connectivity index (χ0n) is 15.8. The van der Waals surface area contributed by atoms with E-state index in [1.807, 2.05) is 60.7 Å². The van der Waals surface area contributed by atoms with Gasteiger partial charge >= 0.3 is 7.75 Å². The monoisotopic (exact) mass is 381 g/mol. The van der Waals surface area contributed by atoms with Crippen molar-refractivity contribution in [2.24, 2.45) is 0 Å². The summed E-state index contributed by atoms with van der Waals surface area (Å²) in [6.45, 7) is 6.45. The number of benzene rings is 3. The number of hydrogen-bond acceptors (Lipinski definition) is 3. The lowest BCUT2D eigenvalue weighted by Gasteiger charge is -2.22. The highest BCUT2D eigenvalue weighted by Gasteiger charge is 2.29. The molecule has 0 unspecified atom stereocenters. The van der Waals surface area contributed by atoms with E-state index in [9.17, 15) is 4.57 Å². The van der Waals surface area contributed by atoms with Gasteiger partial charge in [0.05, 0.1) is 0 Å². The number of hydrogen-bond donors (Lipinski definition) is 1. The molecule has 3 rings (SSSR count). The van der Waals surface area contributed by atoms with Crippen LogP contribution in [0.15, 0.2) is 84.9 Å². The Balaban J connectivity index is 1.86. The van der Waals surface area contributed by atoms with Crippen LogP contribution in [0.3, 0.4) is 0 Å². The van der Waals surface area contributed by atoms with E-state index in [4.69, 9.17) is 9.05 Å². The summed E-state index contributed by atoms with van der Waals surface area (Å²) in [4.78, 5) is 0. The Morgan fingerprint density at radius 3 is 1.56 bits per heavy atom. The molecule has 3 aromatic rings. The molecule has 140 valence electrons. The van der Waals surface area contributed by atoms with Gasteiger partial charge in [-0.1, -0.05) is 69.3 Å². The van der Waals surface area contributed by atoms with E-state index in [1.165, 1.54) is 5.56 Å². The third kappa shape index (κ3) is 5.38. The van der Waals surface area contributed by atoms with Crippen molar-refractivity contribution in [3.8, 4) is 11.5 Å². The van der Waals surface area contributed by atoms with Gasteiger partial charge in [0.2, 0.25) is 0 Å². The lowest BCUT2D eigenvalue weighted by Crippen LogP contribution is -2.12. The summed E-state index contributed by atoms with van der Waals surface area (Å²) in [6, 6.07) is 25.8. The van der Waals surface area contributed by atoms with Crippen LogP contribution < -0.4 is 14.1 Å². The average Bonchev–Trinajstić information content (AvgIpc) is 2.63. The molecular formula is C22H24NO3P. The summed E-state index contributed by atoms with van der Waals surface area (Å²) in [5, 5.41) is 2.94. The zero-order valence-corrected chi connectivity index (χ0v) is 16.6. The van der Waals surface area contributed by atoms with E-state index in [0.717, 1.165) is 0 Å². The first-order valence-electron chi connectivity index (χ1n) is 8.82. The van der Waals surface area contributed by atoms with Gasteiger partial charge in [0.25, 0.3) is 0 Å². The second-order valence-corrected chi connectivity index (χ2v) is 8.83. The zero-order chi connectivity index (χ0) is 19.3. The van der Waals surface area contributed by atoms with Crippen molar-refractivity contribution in [3.63, 3.8) is 0 Å². The third-order valence-corrected chi connectivity index (χ3v) is 5.39. The molecule has 0 fully saturated rings. The van der Waals surface area contributed by atoms with E-state index in [2.05, 4.69) is 25.9 Å². The molecule has 0 atom stereocenters. The van der Waals surface area contributed by atoms with E-state index < -0.39 is 7.75 Å². The predicted molar refractivity (Wildman–Crippen MR) is 111 cm³/mol. The predicted octanol–water partition coefficient (Wildman–Crippen LogP) is 6.66. The van der Waals surface area contributed by atoms with Gasteiger partial charge in [-0.2, -0.15) is 0 Å². The molecule has 3 aromatic carbocycles. The molecule has 0 aromatic heterocycles. The summed E-state index contributed by atoms with van der Waals surface area (Å²) < 4.78 is 24.9. The van der Waals surface area contributed by atoms with Crippen LogP contribution in [0, 0.1) is 0 Å². The van der Waals surface area contributed by atoms with Crippen molar-refractivity contribution in [2.75, 3.05) is 5.09 Å². The van der Waals surface area contributed by atoms with E-state index in [0.29, 0.717) is 17.2 Å². The Kier molecular flexibility index (Phi) is 5.57. The maximum absolute atomic E-state index is 13.4. The van der Waals surface area contributed by atoms with Crippen LogP contribution in [-0.2, 0) is 9.98 Å². The molecule has 5 heteroatoms. The van der Waals surface area contributed by atoms with Crippen LogP contribution in [-0.4, -0.2) is 0 Å². The highest BCUT2D eigenvalue weighted by molar-refractivity contribution is 7.56. The Morgan fingerprint density at radius 2 is 1.15 bits per heavy atom. The molecule has 0 heterocycles. The van der Waals surface area contributed by atoms with Crippen molar-refractivity contribution in [1.29, 1.82) is 0 Å². The largest absolute Gasteiger partial charge is 0.541 e. The maximum atomic E-state index is 13.4. The molecule has 27 heavy (non-hydrogen) atoms. The standard InChI is InChI=1S/C22H24NO3P/c1-22(2,3)18-14-16-19(17-15-18)23-27(24,25-20-10-6-4-7-11-20)26-21-12-8-5-9-13-21/h4-17H,1-3H3,(H,23,24). The van der Waals surface area contributed by atoms with Crippen molar-refractivity contribution in [2.45, 2.75) is 26.2 Å². The molecule has 0 aliphatic carbocycles. The van der Waals surface area contributed by atoms with Crippen LogP contribution in [0.2, 0.25) is 0 Å². The quantitative estimate of drug-likeness (QED) is 0.485. The van der Waals surface area contributed by atoms with E-state index in [1.54, 1.807) is 24.3 Å². The highest BCUT2D eigenvalue weighted by atomic mass is 31.2. The molecule has 1 N–H and O–H groups in total. The molecule has 0 saturated carbocycles. The maximum Gasteiger partial charge on any atom is 0.541 e. The van der Waals surface area contributed by atoms with Gasteiger partial charge in [0.1, 0.15) is 11.5 Å². The van der Waals surface area contributed by atoms with Crippen LogP contribution in [0.25, 0.3) is 0 Å². The number of para-hydroxylation sites is 2. The molecule has 0 radical (unpaired) electrons. The van der Waals surface area contributed by atoms with Crippen molar-refractivity contribution in [3.05, 3.63) is 90.5 Å². The van der Waals surface area contributed by atoms with Gasteiger partial charge in [-0.15, -0.1) is 0 Å². The fraction of sp³-hybridized carbons (Fsp3) is 0.182. The van der Waals surface area contributed by atoms with E-state index >= 15 is 0 Å². The Hall–Kier alpha value is -2.71. The van der Waals surface area contributed by atoms with Crippen LogP contribution >= 0.6 is 7.75 Å². The normalized spacial score (nSPS) is 11.7. The minimum atomic E-state index is -3.69. The van der Waals surface area contributed by atoms with Gasteiger partial charge in [-0.3, -0.25) is 5.09 Å². The molecule has 4 nitrogen and oxygen atoms in total. The van der Waals surface area contributed by atoms with E-state index in [-0.39, 0.29) is 5.41 Å². The first kappa shape index (κ1) is 19.1. The third-order valence-electron chi connectivity index (χ3n) is 3.95.